The van der Waals surface area contributed by atoms with Crippen LogP contribution in [-0.4, -0.2) is 9.97 Å². The van der Waals surface area contributed by atoms with E-state index in [1.54, 1.807) is 22.7 Å². The lowest BCUT2D eigenvalue weighted by Crippen LogP contribution is -2.09. The number of thiophene rings is 2. The molecule has 3 aromatic heterocycles. The molecule has 4 nitrogen and oxygen atoms in total. The normalized spacial score (nSPS) is 11.4. The van der Waals surface area contributed by atoms with Crippen molar-refractivity contribution in [2.24, 2.45) is 0 Å². The van der Waals surface area contributed by atoms with E-state index in [0.29, 0.717) is 0 Å². The predicted molar refractivity (Wildman–Crippen MR) is 248 cm³/mol. The van der Waals surface area contributed by atoms with Gasteiger partial charge >= 0.3 is 0 Å². The van der Waals surface area contributed by atoms with Gasteiger partial charge in [-0.15, -0.1) is 22.7 Å². The first kappa shape index (κ1) is 34.2. The van der Waals surface area contributed by atoms with Crippen molar-refractivity contribution < 1.29 is 0 Å². The molecule has 0 aliphatic heterocycles. The van der Waals surface area contributed by atoms with E-state index < -0.39 is 0 Å². The molecule has 8 aromatic carbocycles. The quantitative estimate of drug-likeness (QED) is 0.144. The van der Waals surface area contributed by atoms with Crippen LogP contribution in [0.5, 0.6) is 0 Å². The van der Waals surface area contributed by atoms with Crippen LogP contribution >= 0.6 is 22.7 Å². The van der Waals surface area contributed by atoms with E-state index in [1.165, 1.54) is 20.2 Å². The summed E-state index contributed by atoms with van der Waals surface area (Å²) in [7, 11) is 0. The Morgan fingerprint density at radius 3 is 0.931 bits per heavy atom. The second-order valence-electron chi connectivity index (χ2n) is 14.2. The summed E-state index contributed by atoms with van der Waals surface area (Å²) in [5.74, 6) is 0. The molecule has 0 N–H and O–H groups in total. The molecule has 0 saturated carbocycles. The maximum absolute atomic E-state index is 5.58. The average Bonchev–Trinajstić information content (AvgIpc) is 4.00. The van der Waals surface area contributed by atoms with Crippen LogP contribution in [0.4, 0.5) is 34.1 Å². The third kappa shape index (κ3) is 5.89. The topological polar surface area (TPSA) is 32.3 Å². The molecule has 0 aliphatic carbocycles. The van der Waals surface area contributed by atoms with Crippen LogP contribution in [-0.2, 0) is 0 Å². The van der Waals surface area contributed by atoms with E-state index in [4.69, 9.17) is 9.97 Å². The second kappa shape index (κ2) is 14.4. The summed E-state index contributed by atoms with van der Waals surface area (Å²) >= 11 is 3.48. The van der Waals surface area contributed by atoms with Crippen LogP contribution in [0.15, 0.2) is 205 Å². The third-order valence-corrected chi connectivity index (χ3v) is 12.6. The molecule has 0 spiro atoms. The van der Waals surface area contributed by atoms with E-state index in [9.17, 15) is 0 Å². The predicted octanol–water partition coefficient (Wildman–Crippen LogP) is 15.5. The van der Waals surface area contributed by atoms with E-state index in [1.807, 2.05) is 0 Å². The van der Waals surface area contributed by atoms with E-state index >= 15 is 0 Å². The van der Waals surface area contributed by atoms with Gasteiger partial charge in [0.1, 0.15) is 11.0 Å². The smallest absolute Gasteiger partial charge is 0.109 e. The summed E-state index contributed by atoms with van der Waals surface area (Å²) in [4.78, 5) is 15.7. The highest BCUT2D eigenvalue weighted by Crippen LogP contribution is 2.44. The van der Waals surface area contributed by atoms with E-state index in [-0.39, 0.29) is 0 Å². The van der Waals surface area contributed by atoms with Gasteiger partial charge in [0.05, 0.1) is 20.4 Å². The molecule has 0 aliphatic rings. The number of benzene rings is 8. The first-order valence-corrected chi connectivity index (χ1v) is 21.1. The molecule has 0 bridgehead atoms. The minimum absolute atomic E-state index is 0.894. The number of nitrogens with zero attached hydrogens (tertiary/aromatic N) is 4. The van der Waals surface area contributed by atoms with Crippen molar-refractivity contribution in [3.05, 3.63) is 205 Å². The van der Waals surface area contributed by atoms with Gasteiger partial charge in [0.25, 0.3) is 0 Å². The Hall–Kier alpha value is -7.12. The Balaban J connectivity index is 1.08. The minimum atomic E-state index is 0.894. The average molecular weight is 779 g/mol. The highest BCUT2D eigenvalue weighted by molar-refractivity contribution is 7.20. The number of hydrogen-bond donors (Lipinski definition) is 0. The van der Waals surface area contributed by atoms with E-state index in [2.05, 4.69) is 215 Å². The molecule has 0 radical (unpaired) electrons. The Bertz CT molecular complexity index is 2900. The number of rotatable bonds is 8. The molecule has 11 aromatic rings. The van der Waals surface area contributed by atoms with Gasteiger partial charge < -0.3 is 9.80 Å². The lowest BCUT2D eigenvalue weighted by molar-refractivity contribution is 1.28. The minimum Gasteiger partial charge on any atom is -0.311 e. The van der Waals surface area contributed by atoms with Crippen molar-refractivity contribution in [2.75, 3.05) is 9.80 Å². The molecular weight excluding hydrogens is 745 g/mol. The maximum Gasteiger partial charge on any atom is 0.109 e. The maximum atomic E-state index is 5.58. The SMILES string of the molecule is c1ccc(N(c2ccccc2)c2ccc(-c3ccc(-c4ccc(N(c5ccccc5)c5ccccc5)cc4)c4nc5c(nc34)c3sccc3c3ccsc35)cc2)cc1. The summed E-state index contributed by atoms with van der Waals surface area (Å²) in [5.41, 5.74) is 14.6. The standard InChI is InChI=1S/C52H34N4S2/c1-5-13-37(14-6-1)55(38-15-7-2-8-16-38)41-25-21-35(22-26-41)43-29-30-44(48-47(43)53-49-50(54-48)52-46(32-34-58-52)45-31-33-57-51(45)49)36-23-27-42(28-24-36)56(39-17-9-3-10-18-39)40-19-11-4-12-20-40/h1-34H. The molecular formula is C52H34N4S2. The number of para-hydroxylation sites is 4. The lowest BCUT2D eigenvalue weighted by Gasteiger charge is -2.25. The van der Waals surface area contributed by atoms with Crippen LogP contribution < -0.4 is 9.80 Å². The van der Waals surface area contributed by atoms with Gasteiger partial charge in [-0.3, -0.25) is 0 Å². The van der Waals surface area contributed by atoms with Crippen LogP contribution in [0.1, 0.15) is 0 Å². The molecule has 0 atom stereocenters. The zero-order chi connectivity index (χ0) is 38.4. The number of hydrogen-bond acceptors (Lipinski definition) is 6. The van der Waals surface area contributed by atoms with Crippen LogP contribution in [0.25, 0.3) is 64.5 Å². The molecule has 11 rings (SSSR count). The summed E-state index contributed by atoms with van der Waals surface area (Å²) in [6.07, 6.45) is 0. The van der Waals surface area contributed by atoms with E-state index in [0.717, 1.165) is 78.4 Å². The van der Waals surface area contributed by atoms with Gasteiger partial charge in [-0.2, -0.15) is 0 Å². The summed E-state index contributed by atoms with van der Waals surface area (Å²) in [6.45, 7) is 0. The molecule has 0 fully saturated rings. The van der Waals surface area contributed by atoms with Crippen molar-refractivity contribution in [1.82, 2.24) is 9.97 Å². The van der Waals surface area contributed by atoms with Crippen LogP contribution in [0.3, 0.4) is 0 Å². The highest BCUT2D eigenvalue weighted by Gasteiger charge is 2.20. The first-order chi connectivity index (χ1) is 28.8. The van der Waals surface area contributed by atoms with Crippen molar-refractivity contribution in [3.63, 3.8) is 0 Å². The lowest BCUT2D eigenvalue weighted by atomic mass is 9.96. The Kier molecular flexibility index (Phi) is 8.50. The number of aromatic nitrogens is 2. The summed E-state index contributed by atoms with van der Waals surface area (Å²) in [5, 5.41) is 6.82. The molecule has 274 valence electrons. The zero-order valence-corrected chi connectivity index (χ0v) is 32.9. The molecule has 0 unspecified atom stereocenters. The van der Waals surface area contributed by atoms with Crippen molar-refractivity contribution in [2.45, 2.75) is 0 Å². The fraction of sp³-hybridized carbons (Fsp3) is 0. The largest absolute Gasteiger partial charge is 0.311 e. The van der Waals surface area contributed by atoms with Gasteiger partial charge in [-0.1, -0.05) is 109 Å². The fourth-order valence-electron chi connectivity index (χ4n) is 8.11. The number of fused-ring (bicyclic) bond motifs is 7. The second-order valence-corrected chi connectivity index (χ2v) is 16.0. The van der Waals surface area contributed by atoms with Crippen molar-refractivity contribution in [1.29, 1.82) is 0 Å². The number of anilines is 6. The van der Waals surface area contributed by atoms with Gasteiger partial charge in [0.15, 0.2) is 0 Å². The third-order valence-electron chi connectivity index (χ3n) is 10.8. The Labute approximate surface area is 344 Å². The zero-order valence-electron chi connectivity index (χ0n) is 31.2. The van der Waals surface area contributed by atoms with Crippen molar-refractivity contribution >= 4 is 99.0 Å². The fourth-order valence-corrected chi connectivity index (χ4v) is 9.91. The van der Waals surface area contributed by atoms with Gasteiger partial charge in [0, 0.05) is 56.0 Å². The highest BCUT2D eigenvalue weighted by atomic mass is 32.1. The monoisotopic (exact) mass is 778 g/mol. The molecule has 0 amide bonds. The summed E-state index contributed by atoms with van der Waals surface area (Å²) < 4.78 is 2.35. The summed E-state index contributed by atoms with van der Waals surface area (Å²) in [6, 6.07) is 68.7. The van der Waals surface area contributed by atoms with Gasteiger partial charge in [0.2, 0.25) is 0 Å². The molecule has 6 heteroatoms. The van der Waals surface area contributed by atoms with Crippen molar-refractivity contribution in [3.8, 4) is 22.3 Å². The molecule has 3 heterocycles. The molecule has 0 saturated heterocycles. The van der Waals surface area contributed by atoms with Crippen LogP contribution in [0.2, 0.25) is 0 Å². The van der Waals surface area contributed by atoms with Crippen LogP contribution in [0, 0.1) is 0 Å². The van der Waals surface area contributed by atoms with Gasteiger partial charge in [-0.25, -0.2) is 9.97 Å². The Morgan fingerprint density at radius 2 is 0.603 bits per heavy atom. The Morgan fingerprint density at radius 1 is 0.293 bits per heavy atom. The van der Waals surface area contributed by atoms with Gasteiger partial charge in [-0.05, 0) is 107 Å². The molecule has 58 heavy (non-hydrogen) atoms. The first-order valence-electron chi connectivity index (χ1n) is 19.3.